The summed E-state index contributed by atoms with van der Waals surface area (Å²) >= 11 is 0. The van der Waals surface area contributed by atoms with Gasteiger partial charge in [0.1, 0.15) is 11.9 Å². The van der Waals surface area contributed by atoms with Gasteiger partial charge in [-0.05, 0) is 177 Å². The van der Waals surface area contributed by atoms with E-state index in [1.54, 1.807) is 7.11 Å². The van der Waals surface area contributed by atoms with Gasteiger partial charge in [-0.25, -0.2) is 0 Å². The first-order chi connectivity index (χ1) is 29.5. The quantitative estimate of drug-likeness (QED) is 0.0908. The lowest BCUT2D eigenvalue weighted by atomic mass is 9.53. The summed E-state index contributed by atoms with van der Waals surface area (Å²) < 4.78 is 11.7. The van der Waals surface area contributed by atoms with E-state index in [4.69, 9.17) is 9.47 Å². The highest BCUT2D eigenvalue weighted by Gasteiger charge is 2.61. The van der Waals surface area contributed by atoms with E-state index in [1.165, 1.54) is 125 Å². The third-order valence-corrected chi connectivity index (χ3v) is 18.7. The number of aromatic hydroxyl groups is 2. The molecule has 8 rings (SSSR count). The molecule has 6 aliphatic carbocycles. The summed E-state index contributed by atoms with van der Waals surface area (Å²) in [7, 11) is 1.65. The molecule has 6 heteroatoms. The first kappa shape index (κ1) is 44.9. The number of fused-ring (bicyclic) bond motifs is 10. The molecule has 3 N–H and O–H groups in total. The SMILES string of the molecule is COc1cc2c(cc1O)CC[C@@H]1[C@@H]2CC[C@@]2(C)[C@H]1CC[C@]2(O)CCCCCCCCCCCCCCCCCC(=O)O[C@H]1CCC2C3CCc4cc(O)ccc4C3CC[C@@]21C. The van der Waals surface area contributed by atoms with Crippen LogP contribution in [0.3, 0.4) is 0 Å². The predicted molar refractivity (Wildman–Crippen MR) is 245 cm³/mol. The summed E-state index contributed by atoms with van der Waals surface area (Å²) in [5.41, 5.74) is 5.13. The number of aryl methyl sites for hydroxylation is 2. The first-order valence-electron chi connectivity index (χ1n) is 25.7. The average molecular weight is 839 g/mol. The van der Waals surface area contributed by atoms with Crippen LogP contribution in [0.15, 0.2) is 30.3 Å². The van der Waals surface area contributed by atoms with Crippen molar-refractivity contribution in [1.29, 1.82) is 0 Å². The number of esters is 1. The van der Waals surface area contributed by atoms with Crippen LogP contribution in [0.4, 0.5) is 0 Å². The number of phenols is 2. The van der Waals surface area contributed by atoms with Crippen molar-refractivity contribution in [3.8, 4) is 17.2 Å². The summed E-state index contributed by atoms with van der Waals surface area (Å²) in [6, 6.07) is 10.1. The molecule has 61 heavy (non-hydrogen) atoms. The zero-order chi connectivity index (χ0) is 42.6. The fraction of sp³-hybridized carbons (Fsp3) is 0.764. The van der Waals surface area contributed by atoms with E-state index < -0.39 is 5.60 Å². The van der Waals surface area contributed by atoms with E-state index in [0.717, 1.165) is 77.0 Å². The number of hydrogen-bond acceptors (Lipinski definition) is 6. The molecule has 6 nitrogen and oxygen atoms in total. The Morgan fingerprint density at radius 1 is 0.639 bits per heavy atom. The molecular formula is C55H82O6. The maximum Gasteiger partial charge on any atom is 0.306 e. The minimum Gasteiger partial charge on any atom is -0.508 e. The second-order valence-corrected chi connectivity index (χ2v) is 21.9. The highest BCUT2D eigenvalue weighted by molar-refractivity contribution is 5.69. The predicted octanol–water partition coefficient (Wildman–Crippen LogP) is 13.8. The van der Waals surface area contributed by atoms with Gasteiger partial charge in [0.25, 0.3) is 0 Å². The van der Waals surface area contributed by atoms with Crippen molar-refractivity contribution in [3.63, 3.8) is 0 Å². The number of phenolic OH excluding ortho intramolecular Hbond substituents is 2. The number of aliphatic hydroxyl groups is 1. The fourth-order valence-electron chi connectivity index (χ4n) is 15.2. The molecule has 0 aromatic heterocycles. The lowest BCUT2D eigenvalue weighted by molar-refractivity contribution is -0.157. The van der Waals surface area contributed by atoms with Crippen molar-refractivity contribution in [3.05, 3.63) is 52.6 Å². The van der Waals surface area contributed by atoms with Crippen LogP contribution in [0.1, 0.15) is 221 Å². The number of carbonyl (C=O) groups excluding carboxylic acids is 1. The number of hydrogen-bond donors (Lipinski definition) is 3. The van der Waals surface area contributed by atoms with Crippen LogP contribution in [0, 0.1) is 34.5 Å². The van der Waals surface area contributed by atoms with Crippen molar-refractivity contribution in [1.82, 2.24) is 0 Å². The number of carbonyl (C=O) groups is 1. The monoisotopic (exact) mass is 839 g/mol. The molecule has 3 unspecified atom stereocenters. The van der Waals surface area contributed by atoms with Gasteiger partial charge >= 0.3 is 5.97 Å². The smallest absolute Gasteiger partial charge is 0.306 e. The summed E-state index contributed by atoms with van der Waals surface area (Å²) in [6.07, 6.45) is 34.1. The maximum atomic E-state index is 13.0. The molecule has 0 heterocycles. The van der Waals surface area contributed by atoms with E-state index in [2.05, 4.69) is 26.0 Å². The number of benzene rings is 2. The van der Waals surface area contributed by atoms with Crippen molar-refractivity contribution < 1.29 is 29.6 Å². The van der Waals surface area contributed by atoms with Gasteiger partial charge in [0.05, 0.1) is 12.7 Å². The number of rotatable bonds is 20. The molecule has 6 aliphatic rings. The lowest BCUT2D eigenvalue weighted by Crippen LogP contribution is -2.50. The van der Waals surface area contributed by atoms with Gasteiger partial charge in [-0.2, -0.15) is 0 Å². The Balaban J connectivity index is 0.619. The second kappa shape index (κ2) is 19.6. The molecule has 2 aromatic rings. The molecule has 338 valence electrons. The number of methoxy groups -OCH3 is 1. The van der Waals surface area contributed by atoms with Gasteiger partial charge < -0.3 is 24.8 Å². The van der Waals surface area contributed by atoms with E-state index in [0.29, 0.717) is 53.4 Å². The van der Waals surface area contributed by atoms with Crippen molar-refractivity contribution in [2.75, 3.05) is 7.11 Å². The molecule has 0 spiro atoms. The Morgan fingerprint density at radius 3 is 1.90 bits per heavy atom. The Kier molecular flexibility index (Phi) is 14.4. The molecule has 0 saturated heterocycles. The summed E-state index contributed by atoms with van der Waals surface area (Å²) in [4.78, 5) is 13.0. The van der Waals surface area contributed by atoms with Gasteiger partial charge in [-0.3, -0.25) is 4.79 Å². The molecule has 0 bridgehead atoms. The third kappa shape index (κ3) is 9.28. The zero-order valence-corrected chi connectivity index (χ0v) is 38.5. The van der Waals surface area contributed by atoms with E-state index in [1.807, 2.05) is 18.2 Å². The minimum atomic E-state index is -0.514. The Labute approximate surface area is 369 Å². The Bertz CT molecular complexity index is 1790. The fourth-order valence-corrected chi connectivity index (χ4v) is 15.2. The van der Waals surface area contributed by atoms with Crippen LogP contribution in [-0.2, 0) is 22.4 Å². The molecule has 0 aliphatic heterocycles. The van der Waals surface area contributed by atoms with Crippen LogP contribution in [0.5, 0.6) is 17.2 Å². The van der Waals surface area contributed by atoms with Crippen LogP contribution >= 0.6 is 0 Å². The second-order valence-electron chi connectivity index (χ2n) is 21.9. The molecule has 10 atom stereocenters. The Morgan fingerprint density at radius 2 is 1.23 bits per heavy atom. The molecule has 4 saturated carbocycles. The van der Waals surface area contributed by atoms with Gasteiger partial charge in [0.2, 0.25) is 0 Å². The minimum absolute atomic E-state index is 0.0268. The third-order valence-electron chi connectivity index (χ3n) is 18.7. The van der Waals surface area contributed by atoms with E-state index >= 15 is 0 Å². The normalized spacial score (nSPS) is 33.5. The van der Waals surface area contributed by atoms with Crippen molar-refractivity contribution in [2.45, 2.75) is 224 Å². The van der Waals surface area contributed by atoms with Crippen LogP contribution in [-0.4, -0.2) is 40.1 Å². The van der Waals surface area contributed by atoms with Gasteiger partial charge in [0.15, 0.2) is 11.5 Å². The highest BCUT2D eigenvalue weighted by Crippen LogP contribution is 2.66. The van der Waals surface area contributed by atoms with E-state index in [9.17, 15) is 20.1 Å². The first-order valence-corrected chi connectivity index (χ1v) is 25.7. The summed E-state index contributed by atoms with van der Waals surface area (Å²) in [5.74, 6) is 4.94. The van der Waals surface area contributed by atoms with Crippen LogP contribution in [0.2, 0.25) is 0 Å². The van der Waals surface area contributed by atoms with E-state index in [-0.39, 0.29) is 28.7 Å². The van der Waals surface area contributed by atoms with Gasteiger partial charge in [0, 0.05) is 11.8 Å². The lowest BCUT2D eigenvalue weighted by Gasteiger charge is -2.53. The Hall–Kier alpha value is -2.73. The largest absolute Gasteiger partial charge is 0.508 e. The summed E-state index contributed by atoms with van der Waals surface area (Å²) in [5, 5.41) is 32.5. The zero-order valence-electron chi connectivity index (χ0n) is 38.5. The summed E-state index contributed by atoms with van der Waals surface area (Å²) in [6.45, 7) is 4.84. The molecule has 0 radical (unpaired) electrons. The van der Waals surface area contributed by atoms with Crippen LogP contribution in [0.25, 0.3) is 0 Å². The standard InChI is InChI=1S/C55H82O6/c1-53-32-28-42-41-25-22-40(56)35-38(41)20-23-44(42)47(53)26-27-51(53)61-52(58)19-17-15-13-11-9-7-5-4-6-8-10-12-14-16-18-31-55(59)34-30-48-45-24-21-39-36-49(57)50(60-3)37-46(39)43(45)29-33-54(48,55)2/h22,25,35-37,42-45,47-48,51,56-57,59H,4-21,23-24,26-34H2,1-3H3/t42?,43-,44?,45+,47?,48-,51-,53-,54-,55+/m0/s1. The van der Waals surface area contributed by atoms with Crippen molar-refractivity contribution >= 4 is 5.97 Å². The van der Waals surface area contributed by atoms with Crippen molar-refractivity contribution in [2.24, 2.45) is 34.5 Å². The molecular weight excluding hydrogens is 757 g/mol. The van der Waals surface area contributed by atoms with Gasteiger partial charge in [-0.15, -0.1) is 0 Å². The maximum absolute atomic E-state index is 13.0. The number of unbranched alkanes of at least 4 members (excludes halogenated alkanes) is 14. The van der Waals surface area contributed by atoms with Crippen LogP contribution < -0.4 is 4.74 Å². The van der Waals surface area contributed by atoms with Gasteiger partial charge in [-0.1, -0.05) is 110 Å². The number of ether oxygens (including phenoxy) is 2. The molecule has 4 fully saturated rings. The highest BCUT2D eigenvalue weighted by atomic mass is 16.5. The topological polar surface area (TPSA) is 96.2 Å². The average Bonchev–Trinajstić information content (AvgIpc) is 3.72. The molecule has 2 aromatic carbocycles. The molecule has 0 amide bonds.